The molecule has 0 heterocycles. The number of nitrogens with zero attached hydrogens (tertiary/aromatic N) is 1. The lowest BCUT2D eigenvalue weighted by atomic mass is 10.0. The molecule has 2 N–H and O–H groups in total. The van der Waals surface area contributed by atoms with Crippen LogP contribution < -0.4 is 10.2 Å². The van der Waals surface area contributed by atoms with Gasteiger partial charge >= 0.3 is 0 Å². The van der Waals surface area contributed by atoms with Crippen molar-refractivity contribution in [2.24, 2.45) is 0 Å². The smallest absolute Gasteiger partial charge is 0.268 e. The first kappa shape index (κ1) is 70.7. The maximum absolute atomic E-state index is 13.0. The van der Waals surface area contributed by atoms with Gasteiger partial charge in [0.05, 0.1) is 39.9 Å². The predicted molar refractivity (Wildman–Crippen MR) is 316 cm³/mol. The Balaban J connectivity index is 4.21. The highest BCUT2D eigenvalue weighted by Crippen LogP contribution is 2.38. The summed E-state index contributed by atoms with van der Waals surface area (Å²) in [5.74, 6) is -0.212. The molecule has 0 aromatic carbocycles. The predicted octanol–water partition coefficient (Wildman–Crippen LogP) is 18.2. The minimum atomic E-state index is -4.61. The maximum Gasteiger partial charge on any atom is 0.268 e. The second-order valence-corrected chi connectivity index (χ2v) is 23.1. The zero-order valence-corrected chi connectivity index (χ0v) is 49.2. The zero-order chi connectivity index (χ0) is 53.5. The highest BCUT2D eigenvalue weighted by molar-refractivity contribution is 7.45. The minimum absolute atomic E-state index is 0.0113. The van der Waals surface area contributed by atoms with Crippen LogP contribution in [0.25, 0.3) is 0 Å². The zero-order valence-electron chi connectivity index (χ0n) is 48.3. The Hall–Kier alpha value is -2.32. The number of likely N-dealkylation sites (N-methyl/N-ethyl adjacent to an activating group) is 1. The van der Waals surface area contributed by atoms with Gasteiger partial charge in [-0.1, -0.05) is 259 Å². The number of nitrogens with one attached hydrogen (secondary N) is 1. The summed E-state index contributed by atoms with van der Waals surface area (Å²) in [5, 5.41) is 13.9. The molecule has 0 rings (SSSR count). The van der Waals surface area contributed by atoms with E-state index in [-0.39, 0.29) is 12.5 Å². The van der Waals surface area contributed by atoms with Crippen LogP contribution >= 0.6 is 7.82 Å². The van der Waals surface area contributed by atoms with Crippen molar-refractivity contribution < 1.29 is 32.9 Å². The number of quaternary nitrogens is 1. The van der Waals surface area contributed by atoms with Gasteiger partial charge in [0.15, 0.2) is 0 Å². The molecule has 0 aliphatic heterocycles. The van der Waals surface area contributed by atoms with Gasteiger partial charge in [0.25, 0.3) is 7.82 Å². The molecule has 0 fully saturated rings. The topological polar surface area (TPSA) is 108 Å². The molecular formula is C64H117N2O6P. The van der Waals surface area contributed by atoms with E-state index in [2.05, 4.69) is 92.1 Å². The van der Waals surface area contributed by atoms with Gasteiger partial charge in [0, 0.05) is 6.42 Å². The number of allylic oxidation sites excluding steroid dienone is 13. The van der Waals surface area contributed by atoms with Gasteiger partial charge in [-0.25, -0.2) is 0 Å². The number of amides is 1. The lowest BCUT2D eigenvalue weighted by molar-refractivity contribution is -0.870. The standard InChI is InChI=1S/C64H117N2O6P/c1-6-8-10-12-14-16-18-20-22-24-26-28-30-31-32-33-34-35-36-38-40-42-44-46-48-50-52-54-56-58-64(68)65-62(61-72-73(69,70)71-60-59-66(3,4)5)63(67)57-55-53-51-49-47-45-43-41-39-37-29-27-25-23-21-19-17-15-13-11-9-7-2/h8,10,14,16,20,22,26,28,39,41,47,49,55,57,62-63,67H,6-7,9,11-13,15,17-19,21,23-25,27,29-38,40,42-46,48,50-54,56,58-61H2,1-5H3,(H-,65,68,69,70)/b10-8-,16-14-,22-20-,28-26-,41-39+,49-47+,57-55+. The van der Waals surface area contributed by atoms with Crippen molar-refractivity contribution in [2.75, 3.05) is 40.9 Å². The lowest BCUT2D eigenvalue weighted by Crippen LogP contribution is -2.45. The molecule has 0 saturated heterocycles. The number of hydrogen-bond acceptors (Lipinski definition) is 6. The second kappa shape index (κ2) is 54.5. The third-order valence-corrected chi connectivity index (χ3v) is 14.3. The second-order valence-electron chi connectivity index (χ2n) is 21.7. The molecule has 0 aliphatic rings. The molecule has 0 radical (unpaired) electrons. The lowest BCUT2D eigenvalue weighted by Gasteiger charge is -2.29. The number of rotatable bonds is 55. The number of aliphatic hydroxyl groups is 1. The van der Waals surface area contributed by atoms with Gasteiger partial charge in [-0.2, -0.15) is 0 Å². The Morgan fingerprint density at radius 3 is 1.27 bits per heavy atom. The number of unbranched alkanes of at least 4 members (excludes halogenated alkanes) is 30. The van der Waals surface area contributed by atoms with Crippen LogP contribution in [0.5, 0.6) is 0 Å². The molecular weight excluding hydrogens is 924 g/mol. The molecule has 0 aromatic rings. The molecule has 0 bridgehead atoms. The van der Waals surface area contributed by atoms with E-state index in [4.69, 9.17) is 9.05 Å². The number of aliphatic hydroxyl groups excluding tert-OH is 1. The van der Waals surface area contributed by atoms with Gasteiger partial charge in [0.1, 0.15) is 13.2 Å². The van der Waals surface area contributed by atoms with E-state index < -0.39 is 26.6 Å². The summed E-state index contributed by atoms with van der Waals surface area (Å²) in [4.78, 5) is 25.5. The average Bonchev–Trinajstić information content (AvgIpc) is 3.35. The summed E-state index contributed by atoms with van der Waals surface area (Å²) in [6, 6.07) is -0.914. The van der Waals surface area contributed by atoms with Gasteiger partial charge < -0.3 is 28.8 Å². The fraction of sp³-hybridized carbons (Fsp3) is 0.766. The van der Waals surface area contributed by atoms with Crippen molar-refractivity contribution >= 4 is 13.7 Å². The summed E-state index contributed by atoms with van der Waals surface area (Å²) < 4.78 is 23.4. The maximum atomic E-state index is 13.0. The Kier molecular flexibility index (Phi) is 52.7. The fourth-order valence-electron chi connectivity index (χ4n) is 8.59. The van der Waals surface area contributed by atoms with E-state index in [0.29, 0.717) is 17.4 Å². The van der Waals surface area contributed by atoms with E-state index in [9.17, 15) is 19.4 Å². The van der Waals surface area contributed by atoms with Crippen molar-refractivity contribution in [3.63, 3.8) is 0 Å². The van der Waals surface area contributed by atoms with Gasteiger partial charge in [0.2, 0.25) is 5.91 Å². The first-order valence-corrected chi connectivity index (χ1v) is 31.9. The largest absolute Gasteiger partial charge is 0.756 e. The molecule has 73 heavy (non-hydrogen) atoms. The van der Waals surface area contributed by atoms with Crippen molar-refractivity contribution in [1.29, 1.82) is 0 Å². The molecule has 3 atom stereocenters. The molecule has 424 valence electrons. The first-order chi connectivity index (χ1) is 35.5. The number of carbonyl (C=O) groups excluding carboxylic acids is 1. The number of phosphoric acid groups is 1. The average molecular weight is 1040 g/mol. The Labute approximate surface area is 452 Å². The third kappa shape index (κ3) is 57.2. The van der Waals surface area contributed by atoms with Crippen LogP contribution in [0.1, 0.15) is 264 Å². The number of carbonyl (C=O) groups is 1. The third-order valence-electron chi connectivity index (χ3n) is 13.3. The van der Waals surface area contributed by atoms with Gasteiger partial charge in [-0.05, 0) is 83.5 Å². The van der Waals surface area contributed by atoms with Crippen LogP contribution in [0.2, 0.25) is 0 Å². The quantitative estimate of drug-likeness (QED) is 0.0272. The summed E-state index contributed by atoms with van der Waals surface area (Å²) in [7, 11) is 1.23. The molecule has 0 aliphatic carbocycles. The van der Waals surface area contributed by atoms with Gasteiger partial charge in [-0.3, -0.25) is 9.36 Å². The van der Waals surface area contributed by atoms with E-state index in [1.807, 2.05) is 27.2 Å². The summed E-state index contributed by atoms with van der Waals surface area (Å²) in [6.45, 7) is 4.52. The molecule has 0 saturated carbocycles. The van der Waals surface area contributed by atoms with E-state index in [1.54, 1.807) is 6.08 Å². The molecule has 0 aromatic heterocycles. The number of hydrogen-bond donors (Lipinski definition) is 2. The normalized spacial score (nSPS) is 14.5. The van der Waals surface area contributed by atoms with Crippen molar-refractivity contribution in [3.05, 3.63) is 85.1 Å². The van der Waals surface area contributed by atoms with Crippen LogP contribution in [0.15, 0.2) is 85.1 Å². The van der Waals surface area contributed by atoms with Crippen LogP contribution in [-0.2, 0) is 18.4 Å². The van der Waals surface area contributed by atoms with Crippen LogP contribution in [0, 0.1) is 0 Å². The van der Waals surface area contributed by atoms with Crippen molar-refractivity contribution in [3.8, 4) is 0 Å². The summed E-state index contributed by atoms with van der Waals surface area (Å²) in [5.41, 5.74) is 0. The monoisotopic (exact) mass is 1040 g/mol. The number of phosphoric ester groups is 1. The molecule has 9 heteroatoms. The van der Waals surface area contributed by atoms with Crippen LogP contribution in [-0.4, -0.2) is 68.5 Å². The molecule has 8 nitrogen and oxygen atoms in total. The van der Waals surface area contributed by atoms with E-state index in [0.717, 1.165) is 70.6 Å². The fourth-order valence-corrected chi connectivity index (χ4v) is 9.31. The highest BCUT2D eigenvalue weighted by Gasteiger charge is 2.23. The van der Waals surface area contributed by atoms with Crippen LogP contribution in [0.3, 0.4) is 0 Å². The summed E-state index contributed by atoms with van der Waals surface area (Å²) in [6.07, 6.45) is 76.7. The molecule has 3 unspecified atom stereocenters. The highest BCUT2D eigenvalue weighted by atomic mass is 31.2. The van der Waals surface area contributed by atoms with Gasteiger partial charge in [-0.15, -0.1) is 0 Å². The summed E-state index contributed by atoms with van der Waals surface area (Å²) >= 11 is 0. The molecule has 0 spiro atoms. The Bertz CT molecular complexity index is 1460. The molecule has 1 amide bonds. The van der Waals surface area contributed by atoms with Crippen LogP contribution in [0.4, 0.5) is 0 Å². The van der Waals surface area contributed by atoms with E-state index in [1.165, 1.54) is 173 Å². The van der Waals surface area contributed by atoms with Crippen molar-refractivity contribution in [2.45, 2.75) is 276 Å². The Morgan fingerprint density at radius 1 is 0.493 bits per heavy atom. The first-order valence-electron chi connectivity index (χ1n) is 30.4. The van der Waals surface area contributed by atoms with Crippen molar-refractivity contribution in [1.82, 2.24) is 5.32 Å². The Morgan fingerprint density at radius 2 is 0.849 bits per heavy atom. The SMILES string of the molecule is CC/C=C\C/C=C\C/C=C\C/C=C\CCCCCCCCCCCCCCCCCCC(=O)NC(COP(=O)([O-])OCC[N+](C)(C)C)C(O)/C=C/CC/C=C/CC/C=C/CCCCCCCCCCCCCC. The minimum Gasteiger partial charge on any atom is -0.756 e. The van der Waals surface area contributed by atoms with E-state index >= 15 is 0 Å².